The van der Waals surface area contributed by atoms with E-state index in [4.69, 9.17) is 5.11 Å². The van der Waals surface area contributed by atoms with E-state index in [2.05, 4.69) is 0 Å². The van der Waals surface area contributed by atoms with Crippen molar-refractivity contribution < 1.29 is 15.1 Å². The summed E-state index contributed by atoms with van der Waals surface area (Å²) >= 11 is 0. The number of nitrogens with zero attached hydrogens (tertiary/aromatic N) is 1. The number of carbonyl (C=O) groups is 1. The van der Waals surface area contributed by atoms with E-state index in [1.54, 1.807) is 0 Å². The number of hydrogen-bond donors (Lipinski definition) is 2. The van der Waals surface area contributed by atoms with Crippen LogP contribution in [0.2, 0.25) is 0 Å². The second-order valence-corrected chi connectivity index (χ2v) is 3.99. The summed E-state index contributed by atoms with van der Waals surface area (Å²) in [5, 5.41) is 19.2. The summed E-state index contributed by atoms with van der Waals surface area (Å²) in [6.45, 7) is 5.65. The van der Waals surface area contributed by atoms with Crippen LogP contribution in [0.15, 0.2) is 0 Å². The van der Waals surface area contributed by atoms with E-state index < -0.39 is 17.6 Å². The van der Waals surface area contributed by atoms with Gasteiger partial charge in [-0.3, -0.25) is 4.79 Å². The highest BCUT2D eigenvalue weighted by molar-refractivity contribution is 5.73. The van der Waals surface area contributed by atoms with Gasteiger partial charge in [-0.2, -0.15) is 5.06 Å². The van der Waals surface area contributed by atoms with Crippen molar-refractivity contribution in [1.29, 1.82) is 0 Å². The molecular weight excluding hydrogens is 158 g/mol. The summed E-state index contributed by atoms with van der Waals surface area (Å²) < 4.78 is 0. The number of aliphatic carboxylic acids is 1. The first-order valence-electron chi connectivity index (χ1n) is 4.08. The Balaban J connectivity index is 2.83. The number of hydroxylamine groups is 2. The number of rotatable bonds is 1. The van der Waals surface area contributed by atoms with E-state index in [0.29, 0.717) is 6.42 Å². The van der Waals surface area contributed by atoms with Crippen molar-refractivity contribution in [2.24, 2.45) is 5.92 Å². The SMILES string of the molecule is CC1C[C@@H](C(=O)O)N(O)C1(C)C. The molecule has 1 rings (SSSR count). The van der Waals surface area contributed by atoms with Gasteiger partial charge in [-0.1, -0.05) is 6.92 Å². The Bertz CT molecular complexity index is 202. The van der Waals surface area contributed by atoms with Crippen LogP contribution in [0, 0.1) is 5.92 Å². The van der Waals surface area contributed by atoms with Crippen LogP contribution in [0.3, 0.4) is 0 Å². The first-order chi connectivity index (χ1) is 5.37. The van der Waals surface area contributed by atoms with Crippen molar-refractivity contribution in [3.63, 3.8) is 0 Å². The highest BCUT2D eigenvalue weighted by Gasteiger charge is 2.47. The minimum atomic E-state index is -0.949. The lowest BCUT2D eigenvalue weighted by atomic mass is 9.91. The van der Waals surface area contributed by atoms with Gasteiger partial charge in [-0.15, -0.1) is 0 Å². The Kier molecular flexibility index (Phi) is 2.14. The van der Waals surface area contributed by atoms with Crippen molar-refractivity contribution in [2.75, 3.05) is 0 Å². The smallest absolute Gasteiger partial charge is 0.323 e. The second-order valence-electron chi connectivity index (χ2n) is 3.99. The topological polar surface area (TPSA) is 60.8 Å². The van der Waals surface area contributed by atoms with Crippen molar-refractivity contribution >= 4 is 5.97 Å². The average Bonchev–Trinajstić information content (AvgIpc) is 2.13. The molecule has 12 heavy (non-hydrogen) atoms. The zero-order valence-corrected chi connectivity index (χ0v) is 7.61. The van der Waals surface area contributed by atoms with E-state index in [1.165, 1.54) is 0 Å². The van der Waals surface area contributed by atoms with E-state index in [0.717, 1.165) is 5.06 Å². The Morgan fingerprint density at radius 1 is 1.58 bits per heavy atom. The number of hydrogen-bond acceptors (Lipinski definition) is 3. The Labute approximate surface area is 71.8 Å². The molecule has 0 aliphatic carbocycles. The van der Waals surface area contributed by atoms with Crippen LogP contribution in [0.1, 0.15) is 27.2 Å². The maximum atomic E-state index is 10.6. The lowest BCUT2D eigenvalue weighted by Gasteiger charge is -2.30. The molecule has 0 aromatic carbocycles. The molecule has 0 amide bonds. The molecule has 1 heterocycles. The van der Waals surface area contributed by atoms with E-state index in [9.17, 15) is 10.0 Å². The highest BCUT2D eigenvalue weighted by atomic mass is 16.5. The van der Waals surface area contributed by atoms with Crippen molar-refractivity contribution in [1.82, 2.24) is 5.06 Å². The standard InChI is InChI=1S/C8H15NO3/c1-5-4-6(7(10)11)9(12)8(5,2)3/h5-6,12H,4H2,1-3H3,(H,10,11)/t5?,6-/m0/s1. The van der Waals surface area contributed by atoms with Crippen LogP contribution in [0.4, 0.5) is 0 Å². The van der Waals surface area contributed by atoms with E-state index >= 15 is 0 Å². The molecule has 0 spiro atoms. The van der Waals surface area contributed by atoms with Crippen molar-refractivity contribution in [3.05, 3.63) is 0 Å². The summed E-state index contributed by atoms with van der Waals surface area (Å²) in [6.07, 6.45) is 0.513. The fourth-order valence-corrected chi connectivity index (χ4v) is 1.56. The van der Waals surface area contributed by atoms with Crippen LogP contribution < -0.4 is 0 Å². The van der Waals surface area contributed by atoms with Gasteiger partial charge in [0.25, 0.3) is 0 Å². The van der Waals surface area contributed by atoms with Gasteiger partial charge >= 0.3 is 5.97 Å². The molecule has 1 fully saturated rings. The summed E-state index contributed by atoms with van der Waals surface area (Å²) in [5.74, 6) is -0.751. The zero-order valence-electron chi connectivity index (χ0n) is 7.61. The number of carboxylic acids is 1. The van der Waals surface area contributed by atoms with Gasteiger partial charge in [0.05, 0.1) is 0 Å². The Morgan fingerprint density at radius 2 is 2.08 bits per heavy atom. The van der Waals surface area contributed by atoms with Gasteiger partial charge < -0.3 is 10.3 Å². The quantitative estimate of drug-likeness (QED) is 0.619. The summed E-state index contributed by atoms with van der Waals surface area (Å²) in [6, 6.07) is -0.741. The van der Waals surface area contributed by atoms with Crippen molar-refractivity contribution in [3.8, 4) is 0 Å². The average molecular weight is 173 g/mol. The molecule has 4 heteroatoms. The molecule has 2 atom stereocenters. The van der Waals surface area contributed by atoms with Crippen LogP contribution in [-0.4, -0.2) is 32.9 Å². The van der Waals surface area contributed by atoms with Gasteiger partial charge in [0, 0.05) is 5.54 Å². The Hall–Kier alpha value is -0.610. The molecule has 1 aliphatic rings. The molecule has 70 valence electrons. The molecule has 0 aromatic rings. The normalized spacial score (nSPS) is 35.3. The molecule has 0 bridgehead atoms. The van der Waals surface area contributed by atoms with Gasteiger partial charge in [-0.05, 0) is 26.2 Å². The lowest BCUT2D eigenvalue weighted by molar-refractivity contribution is -0.187. The molecule has 0 saturated carbocycles. The number of carboxylic acid groups (broad SMARTS) is 1. The summed E-state index contributed by atoms with van der Waals surface area (Å²) in [5.41, 5.74) is -0.428. The van der Waals surface area contributed by atoms with E-state index in [-0.39, 0.29) is 5.92 Å². The van der Waals surface area contributed by atoms with Crippen molar-refractivity contribution in [2.45, 2.75) is 38.8 Å². The van der Waals surface area contributed by atoms with Gasteiger partial charge in [0.15, 0.2) is 0 Å². The molecule has 2 N–H and O–H groups in total. The predicted octanol–water partition coefficient (Wildman–Crippen LogP) is 0.949. The summed E-state index contributed by atoms with van der Waals surface area (Å²) in [7, 11) is 0. The fourth-order valence-electron chi connectivity index (χ4n) is 1.56. The molecular formula is C8H15NO3. The van der Waals surface area contributed by atoms with Gasteiger partial charge in [0.1, 0.15) is 6.04 Å². The Morgan fingerprint density at radius 3 is 2.25 bits per heavy atom. The van der Waals surface area contributed by atoms with Crippen LogP contribution in [0.25, 0.3) is 0 Å². The molecule has 1 saturated heterocycles. The summed E-state index contributed by atoms with van der Waals surface area (Å²) in [4.78, 5) is 10.6. The maximum Gasteiger partial charge on any atom is 0.323 e. The minimum absolute atomic E-state index is 0.198. The molecule has 1 unspecified atom stereocenters. The lowest BCUT2D eigenvalue weighted by Crippen LogP contribution is -2.45. The largest absolute Gasteiger partial charge is 0.480 e. The second kappa shape index (κ2) is 2.71. The predicted molar refractivity (Wildman–Crippen MR) is 42.9 cm³/mol. The molecule has 0 aromatic heterocycles. The maximum absolute atomic E-state index is 10.6. The third kappa shape index (κ3) is 1.21. The molecule has 1 aliphatic heterocycles. The third-order valence-electron chi connectivity index (χ3n) is 2.95. The zero-order chi connectivity index (χ0) is 9.52. The monoisotopic (exact) mass is 173 g/mol. The molecule has 4 nitrogen and oxygen atoms in total. The van der Waals surface area contributed by atoms with Gasteiger partial charge in [-0.25, -0.2) is 0 Å². The van der Waals surface area contributed by atoms with Crippen LogP contribution in [0.5, 0.6) is 0 Å². The van der Waals surface area contributed by atoms with E-state index in [1.807, 2.05) is 20.8 Å². The fraction of sp³-hybridized carbons (Fsp3) is 0.875. The first-order valence-corrected chi connectivity index (χ1v) is 4.08. The minimum Gasteiger partial charge on any atom is -0.480 e. The molecule has 0 radical (unpaired) electrons. The van der Waals surface area contributed by atoms with Crippen LogP contribution >= 0.6 is 0 Å². The highest BCUT2D eigenvalue weighted by Crippen LogP contribution is 2.36. The third-order valence-corrected chi connectivity index (χ3v) is 2.95. The van der Waals surface area contributed by atoms with Gasteiger partial charge in [0.2, 0.25) is 0 Å². The van der Waals surface area contributed by atoms with Crippen LogP contribution in [-0.2, 0) is 4.79 Å². The first kappa shape index (κ1) is 9.48.